The van der Waals surface area contributed by atoms with Crippen molar-refractivity contribution in [3.05, 3.63) is 52.6 Å². The van der Waals surface area contributed by atoms with Gasteiger partial charge in [0.2, 0.25) is 0 Å². The first-order valence-electron chi connectivity index (χ1n) is 5.86. The fourth-order valence-electron chi connectivity index (χ4n) is 1.66. The van der Waals surface area contributed by atoms with Gasteiger partial charge in [-0.25, -0.2) is 4.79 Å². The first-order chi connectivity index (χ1) is 8.70. The molecular weight excluding hydrogens is 228 g/mol. The Morgan fingerprint density at radius 1 is 1.28 bits per heavy atom. The van der Waals surface area contributed by atoms with Gasteiger partial charge in [-0.3, -0.25) is 4.57 Å². The van der Waals surface area contributed by atoms with Gasteiger partial charge in [-0.15, -0.1) is 0 Å². The molecule has 0 unspecified atom stereocenters. The van der Waals surface area contributed by atoms with Crippen LogP contribution in [0.25, 0.3) is 5.69 Å². The lowest BCUT2D eigenvalue weighted by molar-refractivity contribution is 0.726. The SMILES string of the molecule is CCNCc1ccc(-n2ccc(N)nc2=O)cc1. The molecule has 0 radical (unpaired) electrons. The van der Waals surface area contributed by atoms with Crippen LogP contribution in [0.5, 0.6) is 0 Å². The second-order valence-electron chi connectivity index (χ2n) is 3.95. The van der Waals surface area contributed by atoms with E-state index in [0.717, 1.165) is 18.8 Å². The highest BCUT2D eigenvalue weighted by atomic mass is 16.1. The third-order valence-electron chi connectivity index (χ3n) is 2.62. The normalized spacial score (nSPS) is 10.5. The molecule has 3 N–H and O–H groups in total. The minimum Gasteiger partial charge on any atom is -0.383 e. The maximum absolute atomic E-state index is 11.7. The minimum absolute atomic E-state index is 0.236. The Labute approximate surface area is 105 Å². The highest BCUT2D eigenvalue weighted by Crippen LogP contribution is 2.08. The number of nitrogens with one attached hydrogen (secondary N) is 1. The first kappa shape index (κ1) is 12.3. The zero-order chi connectivity index (χ0) is 13.0. The van der Waals surface area contributed by atoms with E-state index in [-0.39, 0.29) is 11.5 Å². The molecule has 0 fully saturated rings. The zero-order valence-corrected chi connectivity index (χ0v) is 10.3. The molecule has 0 aliphatic carbocycles. The van der Waals surface area contributed by atoms with Crippen LogP contribution in [0.4, 0.5) is 5.82 Å². The van der Waals surface area contributed by atoms with Crippen molar-refractivity contribution in [3.63, 3.8) is 0 Å². The van der Waals surface area contributed by atoms with Gasteiger partial charge in [0.25, 0.3) is 0 Å². The Balaban J connectivity index is 2.26. The van der Waals surface area contributed by atoms with Crippen molar-refractivity contribution in [2.45, 2.75) is 13.5 Å². The number of nitrogen functional groups attached to an aromatic ring is 1. The van der Waals surface area contributed by atoms with Crippen molar-refractivity contribution < 1.29 is 0 Å². The summed E-state index contributed by atoms with van der Waals surface area (Å²) in [5.41, 5.74) is 7.05. The maximum atomic E-state index is 11.7. The number of hydrogen-bond donors (Lipinski definition) is 2. The third kappa shape index (κ3) is 2.75. The highest BCUT2D eigenvalue weighted by Gasteiger charge is 2.01. The quantitative estimate of drug-likeness (QED) is 0.839. The fourth-order valence-corrected chi connectivity index (χ4v) is 1.66. The number of nitrogens with zero attached hydrogens (tertiary/aromatic N) is 2. The molecule has 0 spiro atoms. The van der Waals surface area contributed by atoms with Crippen LogP contribution in [0.2, 0.25) is 0 Å². The summed E-state index contributed by atoms with van der Waals surface area (Å²) in [5, 5.41) is 3.25. The summed E-state index contributed by atoms with van der Waals surface area (Å²) in [6, 6.07) is 9.37. The Hall–Kier alpha value is -2.14. The van der Waals surface area contributed by atoms with Crippen LogP contribution in [-0.2, 0) is 6.54 Å². The second-order valence-corrected chi connectivity index (χ2v) is 3.95. The smallest absolute Gasteiger partial charge is 0.354 e. The number of rotatable bonds is 4. The van der Waals surface area contributed by atoms with Crippen LogP contribution < -0.4 is 16.7 Å². The molecule has 0 aliphatic heterocycles. The Morgan fingerprint density at radius 2 is 2.00 bits per heavy atom. The number of benzene rings is 1. The first-order valence-corrected chi connectivity index (χ1v) is 5.86. The molecule has 1 aromatic carbocycles. The number of aromatic nitrogens is 2. The van der Waals surface area contributed by atoms with E-state index < -0.39 is 0 Å². The van der Waals surface area contributed by atoms with E-state index in [1.807, 2.05) is 24.3 Å². The summed E-state index contributed by atoms with van der Waals surface area (Å²) in [5.74, 6) is 0.236. The summed E-state index contributed by atoms with van der Waals surface area (Å²) < 4.78 is 1.47. The van der Waals surface area contributed by atoms with E-state index in [1.165, 1.54) is 10.1 Å². The van der Waals surface area contributed by atoms with Crippen molar-refractivity contribution in [2.24, 2.45) is 0 Å². The molecule has 0 amide bonds. The molecule has 5 heteroatoms. The van der Waals surface area contributed by atoms with E-state index in [0.29, 0.717) is 0 Å². The molecule has 0 bridgehead atoms. The number of nitrogens with two attached hydrogens (primary N) is 1. The molecule has 0 aliphatic rings. The summed E-state index contributed by atoms with van der Waals surface area (Å²) >= 11 is 0. The lowest BCUT2D eigenvalue weighted by atomic mass is 10.2. The van der Waals surface area contributed by atoms with Crippen molar-refractivity contribution in [1.29, 1.82) is 0 Å². The van der Waals surface area contributed by atoms with Crippen LogP contribution in [-0.4, -0.2) is 16.1 Å². The molecule has 1 heterocycles. The summed E-state index contributed by atoms with van der Waals surface area (Å²) in [6.07, 6.45) is 1.63. The molecule has 1 aromatic heterocycles. The predicted molar refractivity (Wildman–Crippen MR) is 71.6 cm³/mol. The van der Waals surface area contributed by atoms with E-state index in [4.69, 9.17) is 5.73 Å². The van der Waals surface area contributed by atoms with Crippen molar-refractivity contribution in [1.82, 2.24) is 14.9 Å². The molecule has 2 rings (SSSR count). The van der Waals surface area contributed by atoms with Gasteiger partial charge in [-0.2, -0.15) is 4.98 Å². The van der Waals surface area contributed by atoms with Crippen LogP contribution in [0, 0.1) is 0 Å². The van der Waals surface area contributed by atoms with Crippen molar-refractivity contribution in [2.75, 3.05) is 12.3 Å². The van der Waals surface area contributed by atoms with E-state index in [2.05, 4.69) is 17.2 Å². The number of hydrogen-bond acceptors (Lipinski definition) is 4. The van der Waals surface area contributed by atoms with Gasteiger partial charge < -0.3 is 11.1 Å². The zero-order valence-electron chi connectivity index (χ0n) is 10.3. The largest absolute Gasteiger partial charge is 0.383 e. The summed E-state index contributed by atoms with van der Waals surface area (Å²) in [4.78, 5) is 15.4. The van der Waals surface area contributed by atoms with Gasteiger partial charge in [0.1, 0.15) is 5.82 Å². The molecule has 5 nitrogen and oxygen atoms in total. The van der Waals surface area contributed by atoms with Crippen LogP contribution in [0.15, 0.2) is 41.3 Å². The minimum atomic E-state index is -0.366. The lowest BCUT2D eigenvalue weighted by Crippen LogP contribution is -2.21. The Kier molecular flexibility index (Phi) is 3.74. The fraction of sp³-hybridized carbons (Fsp3) is 0.231. The van der Waals surface area contributed by atoms with Crippen molar-refractivity contribution >= 4 is 5.82 Å². The maximum Gasteiger partial charge on any atom is 0.354 e. The van der Waals surface area contributed by atoms with E-state index >= 15 is 0 Å². The molecule has 0 atom stereocenters. The Morgan fingerprint density at radius 3 is 2.61 bits per heavy atom. The number of anilines is 1. The van der Waals surface area contributed by atoms with Crippen molar-refractivity contribution in [3.8, 4) is 5.69 Å². The van der Waals surface area contributed by atoms with Gasteiger partial charge in [0.15, 0.2) is 0 Å². The van der Waals surface area contributed by atoms with Gasteiger partial charge in [-0.05, 0) is 30.3 Å². The van der Waals surface area contributed by atoms with Crippen LogP contribution >= 0.6 is 0 Å². The third-order valence-corrected chi connectivity index (χ3v) is 2.62. The molecule has 2 aromatic rings. The summed E-state index contributed by atoms with van der Waals surface area (Å²) in [7, 11) is 0. The lowest BCUT2D eigenvalue weighted by Gasteiger charge is -2.07. The monoisotopic (exact) mass is 244 g/mol. The van der Waals surface area contributed by atoms with Gasteiger partial charge >= 0.3 is 5.69 Å². The van der Waals surface area contributed by atoms with Crippen LogP contribution in [0.3, 0.4) is 0 Å². The van der Waals surface area contributed by atoms with Gasteiger partial charge in [0.05, 0.1) is 5.69 Å². The Bertz CT molecular complexity index is 574. The summed E-state index contributed by atoms with van der Waals surface area (Å²) in [6.45, 7) is 3.82. The van der Waals surface area contributed by atoms with Gasteiger partial charge in [0, 0.05) is 12.7 Å². The molecular formula is C13H16N4O. The average molecular weight is 244 g/mol. The highest BCUT2D eigenvalue weighted by molar-refractivity contribution is 5.36. The van der Waals surface area contributed by atoms with Gasteiger partial charge in [-0.1, -0.05) is 19.1 Å². The molecule has 0 saturated carbocycles. The van der Waals surface area contributed by atoms with E-state index in [1.54, 1.807) is 12.3 Å². The second kappa shape index (κ2) is 5.46. The molecule has 94 valence electrons. The van der Waals surface area contributed by atoms with E-state index in [9.17, 15) is 4.79 Å². The molecule has 18 heavy (non-hydrogen) atoms. The molecule has 0 saturated heterocycles. The van der Waals surface area contributed by atoms with Crippen LogP contribution in [0.1, 0.15) is 12.5 Å². The topological polar surface area (TPSA) is 72.9 Å². The predicted octanol–water partition coefficient (Wildman–Crippen LogP) is 0.924. The standard InChI is InChI=1S/C13H16N4O/c1-2-15-9-10-3-5-11(6-4-10)17-8-7-12(14)16-13(17)18/h3-8,15H,2,9H2,1H3,(H2,14,16,18). The average Bonchev–Trinajstić information content (AvgIpc) is 2.37.